The Labute approximate surface area is 195 Å². The summed E-state index contributed by atoms with van der Waals surface area (Å²) in [5, 5.41) is 2.84. The van der Waals surface area contributed by atoms with Gasteiger partial charge in [-0.25, -0.2) is 8.42 Å². The van der Waals surface area contributed by atoms with Gasteiger partial charge in [-0.3, -0.25) is 9.10 Å². The largest absolute Gasteiger partial charge is 0.372 e. The van der Waals surface area contributed by atoms with Crippen LogP contribution in [-0.2, 0) is 14.8 Å². The Morgan fingerprint density at radius 1 is 0.909 bits per heavy atom. The van der Waals surface area contributed by atoms with Gasteiger partial charge < -0.3 is 10.2 Å². The van der Waals surface area contributed by atoms with Crippen molar-refractivity contribution in [1.29, 1.82) is 0 Å². The molecule has 0 atom stereocenters. The van der Waals surface area contributed by atoms with Gasteiger partial charge in [-0.15, -0.1) is 0 Å². The van der Waals surface area contributed by atoms with Crippen molar-refractivity contribution in [2.45, 2.75) is 31.6 Å². The van der Waals surface area contributed by atoms with Gasteiger partial charge >= 0.3 is 0 Å². The van der Waals surface area contributed by atoms with Crippen LogP contribution < -0.4 is 14.5 Å². The van der Waals surface area contributed by atoms with Gasteiger partial charge in [0, 0.05) is 24.5 Å². The number of anilines is 3. The molecule has 1 aliphatic rings. The Morgan fingerprint density at radius 2 is 1.58 bits per heavy atom. The summed E-state index contributed by atoms with van der Waals surface area (Å²) in [5.41, 5.74) is 4.10. The van der Waals surface area contributed by atoms with Crippen LogP contribution in [0, 0.1) is 13.8 Å². The van der Waals surface area contributed by atoms with E-state index in [9.17, 15) is 13.2 Å². The SMILES string of the molecule is Cc1ccc(S(=O)(=O)N(CC(=O)Nc2ccc(N3CCCC3)cc2)c2cccc(C)c2)cc1. The molecule has 0 unspecified atom stereocenters. The van der Waals surface area contributed by atoms with Gasteiger partial charge in [-0.05, 0) is 80.8 Å². The average Bonchev–Trinajstić information content (AvgIpc) is 3.33. The fourth-order valence-corrected chi connectivity index (χ4v) is 5.41. The Hall–Kier alpha value is -3.32. The minimum Gasteiger partial charge on any atom is -0.372 e. The molecule has 33 heavy (non-hydrogen) atoms. The standard InChI is InChI=1S/C26H29N3O3S/c1-20-8-14-25(15-9-20)33(31,32)29(24-7-5-6-21(2)18-24)19-26(30)27-22-10-12-23(13-11-22)28-16-3-4-17-28/h5-15,18H,3-4,16-17,19H2,1-2H3,(H,27,30). The number of nitrogens with one attached hydrogen (secondary N) is 1. The van der Waals surface area contributed by atoms with E-state index in [0.29, 0.717) is 11.4 Å². The van der Waals surface area contributed by atoms with E-state index in [1.165, 1.54) is 17.1 Å². The second-order valence-electron chi connectivity index (χ2n) is 8.45. The van der Waals surface area contributed by atoms with E-state index in [4.69, 9.17) is 0 Å². The Bertz CT molecular complexity index is 1220. The number of carbonyl (C=O) groups excluding carboxylic acids is 1. The first-order valence-corrected chi connectivity index (χ1v) is 12.6. The summed E-state index contributed by atoms with van der Waals surface area (Å²) in [7, 11) is -3.93. The monoisotopic (exact) mass is 463 g/mol. The molecule has 3 aromatic carbocycles. The van der Waals surface area contributed by atoms with E-state index in [1.807, 2.05) is 44.2 Å². The van der Waals surface area contributed by atoms with E-state index in [0.717, 1.165) is 29.9 Å². The number of amides is 1. The number of nitrogens with zero attached hydrogens (tertiary/aromatic N) is 2. The Kier molecular flexibility index (Phi) is 6.70. The third kappa shape index (κ3) is 5.37. The van der Waals surface area contributed by atoms with E-state index >= 15 is 0 Å². The van der Waals surface area contributed by atoms with Crippen LogP contribution in [0.1, 0.15) is 24.0 Å². The van der Waals surface area contributed by atoms with Crippen LogP contribution in [0.3, 0.4) is 0 Å². The lowest BCUT2D eigenvalue weighted by atomic mass is 10.2. The predicted octanol–water partition coefficient (Wildman–Crippen LogP) is 4.74. The van der Waals surface area contributed by atoms with E-state index in [-0.39, 0.29) is 11.4 Å². The van der Waals surface area contributed by atoms with Crippen LogP contribution in [0.15, 0.2) is 77.7 Å². The number of sulfonamides is 1. The molecule has 0 aromatic heterocycles. The van der Waals surface area contributed by atoms with Gasteiger partial charge in [0.1, 0.15) is 6.54 Å². The van der Waals surface area contributed by atoms with Crippen molar-refractivity contribution in [1.82, 2.24) is 0 Å². The molecule has 0 bridgehead atoms. The maximum Gasteiger partial charge on any atom is 0.264 e. The highest BCUT2D eigenvalue weighted by Gasteiger charge is 2.27. The van der Waals surface area contributed by atoms with Crippen LogP contribution >= 0.6 is 0 Å². The summed E-state index contributed by atoms with van der Waals surface area (Å²) >= 11 is 0. The van der Waals surface area contributed by atoms with E-state index < -0.39 is 15.9 Å². The van der Waals surface area contributed by atoms with Gasteiger partial charge in [0.15, 0.2) is 0 Å². The molecule has 4 rings (SSSR count). The van der Waals surface area contributed by atoms with E-state index in [1.54, 1.807) is 42.5 Å². The number of carbonyl (C=O) groups is 1. The number of aryl methyl sites for hydroxylation is 2. The van der Waals surface area contributed by atoms with Crippen molar-refractivity contribution >= 4 is 33.0 Å². The lowest BCUT2D eigenvalue weighted by molar-refractivity contribution is -0.114. The van der Waals surface area contributed by atoms with Crippen molar-refractivity contribution in [3.8, 4) is 0 Å². The third-order valence-corrected chi connectivity index (χ3v) is 7.60. The molecule has 1 heterocycles. The van der Waals surface area contributed by atoms with Crippen LogP contribution in [0.2, 0.25) is 0 Å². The van der Waals surface area contributed by atoms with Crippen molar-refractivity contribution in [3.05, 3.63) is 83.9 Å². The molecule has 6 nitrogen and oxygen atoms in total. The van der Waals surface area contributed by atoms with Gasteiger partial charge in [0.25, 0.3) is 10.0 Å². The molecule has 0 radical (unpaired) electrons. The summed E-state index contributed by atoms with van der Waals surface area (Å²) in [6.07, 6.45) is 2.39. The third-order valence-electron chi connectivity index (χ3n) is 5.81. The molecule has 1 amide bonds. The smallest absolute Gasteiger partial charge is 0.264 e. The first kappa shape index (κ1) is 22.9. The predicted molar refractivity (Wildman–Crippen MR) is 133 cm³/mol. The van der Waals surface area contributed by atoms with Crippen LogP contribution in [0.5, 0.6) is 0 Å². The Morgan fingerprint density at radius 3 is 2.21 bits per heavy atom. The quantitative estimate of drug-likeness (QED) is 0.550. The molecule has 0 saturated carbocycles. The molecule has 1 saturated heterocycles. The number of hydrogen-bond donors (Lipinski definition) is 1. The van der Waals surface area contributed by atoms with Crippen molar-refractivity contribution in [2.24, 2.45) is 0 Å². The summed E-state index contributed by atoms with van der Waals surface area (Å²) in [4.78, 5) is 15.4. The summed E-state index contributed by atoms with van der Waals surface area (Å²) in [5.74, 6) is -0.402. The minimum atomic E-state index is -3.93. The molecule has 7 heteroatoms. The van der Waals surface area contributed by atoms with Crippen LogP contribution in [-0.4, -0.2) is 34.0 Å². The zero-order chi connectivity index (χ0) is 23.4. The summed E-state index contributed by atoms with van der Waals surface area (Å²) in [6, 6.07) is 21.5. The average molecular weight is 464 g/mol. The lowest BCUT2D eigenvalue weighted by Gasteiger charge is -2.24. The summed E-state index contributed by atoms with van der Waals surface area (Å²) < 4.78 is 28.1. The highest BCUT2D eigenvalue weighted by atomic mass is 32.2. The molecule has 1 N–H and O–H groups in total. The Balaban J connectivity index is 1.56. The van der Waals surface area contributed by atoms with Crippen molar-refractivity contribution in [2.75, 3.05) is 34.2 Å². The topological polar surface area (TPSA) is 69.7 Å². The normalized spacial score (nSPS) is 13.7. The maximum absolute atomic E-state index is 13.5. The minimum absolute atomic E-state index is 0.150. The molecule has 1 fully saturated rings. The number of rotatable bonds is 7. The molecular formula is C26H29N3O3S. The highest BCUT2D eigenvalue weighted by Crippen LogP contribution is 2.26. The van der Waals surface area contributed by atoms with E-state index in [2.05, 4.69) is 10.2 Å². The number of benzene rings is 3. The van der Waals surface area contributed by atoms with Gasteiger partial charge in [-0.2, -0.15) is 0 Å². The molecular weight excluding hydrogens is 434 g/mol. The molecule has 0 spiro atoms. The van der Waals surface area contributed by atoms with Crippen LogP contribution in [0.4, 0.5) is 17.1 Å². The molecule has 172 valence electrons. The lowest BCUT2D eigenvalue weighted by Crippen LogP contribution is -2.38. The second kappa shape index (κ2) is 9.67. The number of hydrogen-bond acceptors (Lipinski definition) is 4. The van der Waals surface area contributed by atoms with Gasteiger partial charge in [0.2, 0.25) is 5.91 Å². The zero-order valence-corrected chi connectivity index (χ0v) is 19.8. The fourth-order valence-electron chi connectivity index (χ4n) is 4.00. The van der Waals surface area contributed by atoms with Gasteiger partial charge in [-0.1, -0.05) is 29.8 Å². The van der Waals surface area contributed by atoms with Gasteiger partial charge in [0.05, 0.1) is 10.6 Å². The van der Waals surface area contributed by atoms with Crippen molar-refractivity contribution < 1.29 is 13.2 Å². The van der Waals surface area contributed by atoms with Crippen LogP contribution in [0.25, 0.3) is 0 Å². The zero-order valence-electron chi connectivity index (χ0n) is 19.0. The van der Waals surface area contributed by atoms with Crippen molar-refractivity contribution in [3.63, 3.8) is 0 Å². The maximum atomic E-state index is 13.5. The summed E-state index contributed by atoms with van der Waals surface area (Å²) in [6.45, 7) is 5.56. The highest BCUT2D eigenvalue weighted by molar-refractivity contribution is 7.92. The fraction of sp³-hybridized carbons (Fsp3) is 0.269. The second-order valence-corrected chi connectivity index (χ2v) is 10.3. The first-order chi connectivity index (χ1) is 15.8. The first-order valence-electron chi connectivity index (χ1n) is 11.1. The molecule has 0 aliphatic carbocycles. The molecule has 3 aromatic rings. The molecule has 1 aliphatic heterocycles.